The summed E-state index contributed by atoms with van der Waals surface area (Å²) in [4.78, 5) is 50.1. The third-order valence-electron chi connectivity index (χ3n) is 5.78. The molecule has 7 heteroatoms. The van der Waals surface area contributed by atoms with Gasteiger partial charge in [0, 0.05) is 24.7 Å². The van der Waals surface area contributed by atoms with Gasteiger partial charge in [0.05, 0.1) is 12.7 Å². The predicted molar refractivity (Wildman–Crippen MR) is 97.4 cm³/mol. The van der Waals surface area contributed by atoms with Crippen molar-refractivity contribution in [2.45, 2.75) is 71.9 Å². The third kappa shape index (κ3) is 4.94. The molecule has 0 spiro atoms. The van der Waals surface area contributed by atoms with E-state index >= 15 is 0 Å². The topological polar surface area (TPSA) is 101 Å². The van der Waals surface area contributed by atoms with Crippen LogP contribution in [0.2, 0.25) is 0 Å². The minimum atomic E-state index is -0.947. The number of rotatable bonds is 6. The normalized spacial score (nSPS) is 29.6. The second-order valence-electron chi connectivity index (χ2n) is 8.15. The number of carbonyl (C=O) groups is 4. The van der Waals surface area contributed by atoms with Gasteiger partial charge in [-0.3, -0.25) is 19.3 Å². The average Bonchev–Trinajstić information content (AvgIpc) is 2.57. The van der Waals surface area contributed by atoms with Crippen LogP contribution in [0.4, 0.5) is 0 Å². The maximum Gasteiger partial charge on any atom is 0.329 e. The Morgan fingerprint density at radius 2 is 1.78 bits per heavy atom. The van der Waals surface area contributed by atoms with E-state index in [1.807, 2.05) is 6.92 Å². The molecule has 0 bridgehead atoms. The second kappa shape index (κ2) is 8.95. The first-order valence-corrected chi connectivity index (χ1v) is 9.88. The molecular formula is C20H31NO6. The number of nitrogens with zero attached hydrogens (tertiary/aromatic N) is 1. The number of aliphatic hydroxyl groups is 1. The number of ether oxygens (including phenoxy) is 1. The number of hydrogen-bond donors (Lipinski definition) is 1. The molecule has 1 saturated heterocycles. The number of piperidine rings is 1. The Hall–Kier alpha value is -1.76. The molecule has 152 valence electrons. The van der Waals surface area contributed by atoms with Crippen LogP contribution in [0.3, 0.4) is 0 Å². The number of aliphatic hydroxyl groups excluding tert-OH is 1. The van der Waals surface area contributed by atoms with Crippen LogP contribution in [-0.4, -0.2) is 52.3 Å². The van der Waals surface area contributed by atoms with E-state index in [-0.39, 0.29) is 43.5 Å². The van der Waals surface area contributed by atoms with E-state index in [0.29, 0.717) is 12.3 Å². The summed E-state index contributed by atoms with van der Waals surface area (Å²) in [7, 11) is 0. The Kier molecular flexibility index (Phi) is 7.14. The van der Waals surface area contributed by atoms with Gasteiger partial charge >= 0.3 is 5.97 Å². The van der Waals surface area contributed by atoms with E-state index in [2.05, 4.69) is 6.92 Å². The minimum absolute atomic E-state index is 0.0658. The van der Waals surface area contributed by atoms with Crippen LogP contribution >= 0.6 is 0 Å². The number of Topliss-reactive ketones (excluding diaryl/α,β-unsaturated/α-hetero) is 1. The van der Waals surface area contributed by atoms with Gasteiger partial charge in [0.1, 0.15) is 11.8 Å². The highest BCUT2D eigenvalue weighted by molar-refractivity contribution is 6.01. The van der Waals surface area contributed by atoms with Crippen LogP contribution in [0.1, 0.15) is 59.8 Å². The Labute approximate surface area is 160 Å². The monoisotopic (exact) mass is 381 g/mol. The van der Waals surface area contributed by atoms with Crippen molar-refractivity contribution in [1.29, 1.82) is 0 Å². The zero-order chi connectivity index (χ0) is 20.3. The summed E-state index contributed by atoms with van der Waals surface area (Å²) in [5, 5.41) is 10.6. The summed E-state index contributed by atoms with van der Waals surface area (Å²) in [5.41, 5.74) is 0. The fourth-order valence-electron chi connectivity index (χ4n) is 4.45. The van der Waals surface area contributed by atoms with Crippen LogP contribution in [0.5, 0.6) is 0 Å². The molecular weight excluding hydrogens is 350 g/mol. The summed E-state index contributed by atoms with van der Waals surface area (Å²) in [6, 6.07) is -0.947. The molecule has 7 nitrogen and oxygen atoms in total. The lowest BCUT2D eigenvalue weighted by molar-refractivity contribution is -0.164. The van der Waals surface area contributed by atoms with Crippen molar-refractivity contribution in [2.75, 3.05) is 6.61 Å². The van der Waals surface area contributed by atoms with E-state index in [4.69, 9.17) is 4.74 Å². The van der Waals surface area contributed by atoms with Gasteiger partial charge in [0.2, 0.25) is 11.8 Å². The summed E-state index contributed by atoms with van der Waals surface area (Å²) in [6.45, 7) is 7.29. The summed E-state index contributed by atoms with van der Waals surface area (Å²) >= 11 is 0. The van der Waals surface area contributed by atoms with Gasteiger partial charge in [0.15, 0.2) is 0 Å². The number of amides is 2. The third-order valence-corrected chi connectivity index (χ3v) is 5.78. The molecule has 2 amide bonds. The van der Waals surface area contributed by atoms with E-state index in [1.165, 1.54) is 6.92 Å². The molecule has 2 fully saturated rings. The quantitative estimate of drug-likeness (QED) is 0.555. The van der Waals surface area contributed by atoms with Gasteiger partial charge in [-0.15, -0.1) is 0 Å². The van der Waals surface area contributed by atoms with Crippen molar-refractivity contribution in [3.05, 3.63) is 0 Å². The van der Waals surface area contributed by atoms with Crippen LogP contribution in [0.15, 0.2) is 0 Å². The summed E-state index contributed by atoms with van der Waals surface area (Å²) in [5.74, 6) is -1.82. The number of hydrogen-bond acceptors (Lipinski definition) is 6. The standard InChI is InChI=1S/C20H31NO6/c1-5-27-20(26)13(4)21-17(23)9-14(10-18(21)24)8-16(22)15-7-11(2)6-12(3)19(15)25/h11-16,22H,5-10H2,1-4H3/t11-,12?,13?,15?,16+/m0/s1. The van der Waals surface area contributed by atoms with E-state index in [1.54, 1.807) is 6.92 Å². The van der Waals surface area contributed by atoms with Crippen molar-refractivity contribution >= 4 is 23.6 Å². The van der Waals surface area contributed by atoms with Gasteiger partial charge in [0.25, 0.3) is 0 Å². The lowest BCUT2D eigenvalue weighted by Gasteiger charge is -2.36. The highest BCUT2D eigenvalue weighted by Gasteiger charge is 2.41. The molecule has 0 aromatic rings. The van der Waals surface area contributed by atoms with Crippen LogP contribution in [0, 0.1) is 23.7 Å². The lowest BCUT2D eigenvalue weighted by Crippen LogP contribution is -2.52. The van der Waals surface area contributed by atoms with E-state index in [9.17, 15) is 24.3 Å². The smallest absolute Gasteiger partial charge is 0.329 e. The molecule has 0 aromatic heterocycles. The molecule has 2 rings (SSSR count). The number of imide groups is 1. The first kappa shape index (κ1) is 21.5. The Bertz CT molecular complexity index is 585. The lowest BCUT2D eigenvalue weighted by atomic mass is 9.71. The first-order valence-electron chi connectivity index (χ1n) is 9.88. The molecule has 27 heavy (non-hydrogen) atoms. The van der Waals surface area contributed by atoms with Crippen LogP contribution in [0.25, 0.3) is 0 Å². The van der Waals surface area contributed by atoms with Gasteiger partial charge in [-0.05, 0) is 44.9 Å². The predicted octanol–water partition coefficient (Wildman–Crippen LogP) is 1.71. The zero-order valence-corrected chi connectivity index (χ0v) is 16.6. The van der Waals surface area contributed by atoms with Crippen LogP contribution in [-0.2, 0) is 23.9 Å². The SMILES string of the molecule is CCOC(=O)C(C)N1C(=O)CC(C[C@@H](O)C2C[C@@H](C)CC(C)C2=O)CC1=O. The first-order chi connectivity index (χ1) is 12.6. The largest absolute Gasteiger partial charge is 0.464 e. The molecule has 2 aliphatic rings. The van der Waals surface area contributed by atoms with Crippen molar-refractivity contribution in [3.8, 4) is 0 Å². The summed E-state index contributed by atoms with van der Waals surface area (Å²) in [6.07, 6.45) is 1.04. The molecule has 0 aromatic carbocycles. The molecule has 1 heterocycles. The summed E-state index contributed by atoms with van der Waals surface area (Å²) < 4.78 is 4.89. The van der Waals surface area contributed by atoms with Crippen molar-refractivity contribution in [2.24, 2.45) is 23.7 Å². The molecule has 3 unspecified atom stereocenters. The second-order valence-corrected chi connectivity index (χ2v) is 8.15. The highest BCUT2D eigenvalue weighted by atomic mass is 16.5. The fourth-order valence-corrected chi connectivity index (χ4v) is 4.45. The van der Waals surface area contributed by atoms with Gasteiger partial charge in [-0.1, -0.05) is 13.8 Å². The van der Waals surface area contributed by atoms with Crippen LogP contribution < -0.4 is 0 Å². The van der Waals surface area contributed by atoms with E-state index < -0.39 is 35.8 Å². The van der Waals surface area contributed by atoms with Crippen molar-refractivity contribution in [3.63, 3.8) is 0 Å². The zero-order valence-electron chi connectivity index (χ0n) is 16.6. The van der Waals surface area contributed by atoms with Crippen molar-refractivity contribution in [1.82, 2.24) is 4.90 Å². The molecule has 0 radical (unpaired) electrons. The average molecular weight is 381 g/mol. The van der Waals surface area contributed by atoms with Gasteiger partial charge in [-0.25, -0.2) is 4.79 Å². The minimum Gasteiger partial charge on any atom is -0.464 e. The Balaban J connectivity index is 1.98. The molecule has 1 aliphatic carbocycles. The fraction of sp³-hybridized carbons (Fsp3) is 0.800. The molecule has 1 aliphatic heterocycles. The Morgan fingerprint density at radius 3 is 2.33 bits per heavy atom. The maximum absolute atomic E-state index is 12.4. The Morgan fingerprint density at radius 1 is 1.19 bits per heavy atom. The van der Waals surface area contributed by atoms with E-state index in [0.717, 1.165) is 11.3 Å². The molecule has 1 N–H and O–H groups in total. The molecule has 1 saturated carbocycles. The number of carbonyl (C=O) groups excluding carboxylic acids is 4. The highest BCUT2D eigenvalue weighted by Crippen LogP contribution is 2.35. The molecule has 5 atom stereocenters. The number of likely N-dealkylation sites (tertiary alicyclic amines) is 1. The van der Waals surface area contributed by atoms with Gasteiger partial charge in [-0.2, -0.15) is 0 Å². The number of esters is 1. The van der Waals surface area contributed by atoms with Crippen molar-refractivity contribution < 1.29 is 29.0 Å². The maximum atomic E-state index is 12.4. The number of ketones is 1. The van der Waals surface area contributed by atoms with Gasteiger partial charge < -0.3 is 9.84 Å².